The lowest BCUT2D eigenvalue weighted by molar-refractivity contribution is -0.129. The standard InChI is InChI=1S/C14H17ClN2O/c1-9-2-11(15)4-12(3-9)17-13(18)10-5-14(6-10)7-16-8-14/h2-4,10,16H,5-8H2,1H3,(H,17,18). The monoisotopic (exact) mass is 264 g/mol. The van der Waals surface area contributed by atoms with Crippen LogP contribution in [-0.2, 0) is 4.79 Å². The summed E-state index contributed by atoms with van der Waals surface area (Å²) >= 11 is 5.98. The Labute approximate surface area is 112 Å². The Bertz CT molecular complexity index is 468. The Morgan fingerprint density at radius 2 is 2.11 bits per heavy atom. The average molecular weight is 265 g/mol. The second-order valence-electron chi connectivity index (χ2n) is 5.72. The van der Waals surface area contributed by atoms with Crippen molar-refractivity contribution in [3.05, 3.63) is 28.8 Å². The highest BCUT2D eigenvalue weighted by Crippen LogP contribution is 2.48. The van der Waals surface area contributed by atoms with Gasteiger partial charge < -0.3 is 10.6 Å². The molecule has 0 atom stereocenters. The van der Waals surface area contributed by atoms with Gasteiger partial charge in [-0.25, -0.2) is 0 Å². The van der Waals surface area contributed by atoms with Gasteiger partial charge in [-0.05, 0) is 48.9 Å². The van der Waals surface area contributed by atoms with Crippen LogP contribution >= 0.6 is 11.6 Å². The number of hydrogen-bond donors (Lipinski definition) is 2. The minimum absolute atomic E-state index is 0.134. The summed E-state index contributed by atoms with van der Waals surface area (Å²) < 4.78 is 0. The van der Waals surface area contributed by atoms with E-state index < -0.39 is 0 Å². The maximum absolute atomic E-state index is 12.1. The van der Waals surface area contributed by atoms with Gasteiger partial charge in [0.2, 0.25) is 5.91 Å². The second-order valence-corrected chi connectivity index (χ2v) is 6.15. The van der Waals surface area contributed by atoms with Crippen LogP contribution in [0.2, 0.25) is 5.02 Å². The van der Waals surface area contributed by atoms with Gasteiger partial charge in [-0.3, -0.25) is 4.79 Å². The largest absolute Gasteiger partial charge is 0.326 e. The molecule has 1 heterocycles. The number of carbonyl (C=O) groups is 1. The molecule has 1 aromatic carbocycles. The van der Waals surface area contributed by atoms with Crippen molar-refractivity contribution in [2.75, 3.05) is 18.4 Å². The van der Waals surface area contributed by atoms with E-state index in [2.05, 4.69) is 10.6 Å². The van der Waals surface area contributed by atoms with Gasteiger partial charge in [-0.2, -0.15) is 0 Å². The smallest absolute Gasteiger partial charge is 0.227 e. The Morgan fingerprint density at radius 3 is 2.67 bits per heavy atom. The molecule has 0 aromatic heterocycles. The lowest BCUT2D eigenvalue weighted by Gasteiger charge is -2.53. The van der Waals surface area contributed by atoms with Crippen LogP contribution in [0.3, 0.4) is 0 Å². The van der Waals surface area contributed by atoms with Gasteiger partial charge in [-0.1, -0.05) is 11.6 Å². The molecule has 1 amide bonds. The number of hydrogen-bond acceptors (Lipinski definition) is 2. The highest BCUT2D eigenvalue weighted by Gasteiger charge is 2.50. The summed E-state index contributed by atoms with van der Waals surface area (Å²) in [5.41, 5.74) is 2.30. The maximum atomic E-state index is 12.1. The number of benzene rings is 1. The van der Waals surface area contributed by atoms with Gasteiger partial charge in [0.25, 0.3) is 0 Å². The fraction of sp³-hybridized carbons (Fsp3) is 0.500. The minimum Gasteiger partial charge on any atom is -0.326 e. The molecule has 1 aliphatic carbocycles. The van der Waals surface area contributed by atoms with Crippen LogP contribution in [0, 0.1) is 18.3 Å². The van der Waals surface area contributed by atoms with Crippen molar-refractivity contribution in [1.82, 2.24) is 5.32 Å². The summed E-state index contributed by atoms with van der Waals surface area (Å²) in [6.45, 7) is 4.13. The number of amides is 1. The quantitative estimate of drug-likeness (QED) is 0.862. The zero-order valence-corrected chi connectivity index (χ0v) is 11.2. The van der Waals surface area contributed by atoms with Crippen LogP contribution in [-0.4, -0.2) is 19.0 Å². The normalized spacial score (nSPS) is 21.2. The molecule has 1 spiro atoms. The van der Waals surface area contributed by atoms with E-state index in [1.807, 2.05) is 19.1 Å². The van der Waals surface area contributed by atoms with Crippen LogP contribution in [0.15, 0.2) is 18.2 Å². The van der Waals surface area contributed by atoms with E-state index in [0.29, 0.717) is 10.4 Å². The van der Waals surface area contributed by atoms with E-state index in [4.69, 9.17) is 11.6 Å². The van der Waals surface area contributed by atoms with E-state index in [9.17, 15) is 4.79 Å². The number of nitrogens with one attached hydrogen (secondary N) is 2. The molecule has 3 nitrogen and oxygen atoms in total. The van der Waals surface area contributed by atoms with Gasteiger partial charge in [0.15, 0.2) is 0 Å². The van der Waals surface area contributed by atoms with Crippen molar-refractivity contribution in [2.24, 2.45) is 11.3 Å². The van der Waals surface area contributed by atoms with Crippen molar-refractivity contribution in [1.29, 1.82) is 0 Å². The minimum atomic E-state index is 0.134. The Morgan fingerprint density at radius 1 is 1.39 bits per heavy atom. The fourth-order valence-corrected chi connectivity index (χ4v) is 3.28. The topological polar surface area (TPSA) is 41.1 Å². The highest BCUT2D eigenvalue weighted by atomic mass is 35.5. The van der Waals surface area contributed by atoms with E-state index in [0.717, 1.165) is 37.2 Å². The molecule has 3 rings (SSSR count). The van der Waals surface area contributed by atoms with E-state index in [1.54, 1.807) is 6.07 Å². The third kappa shape index (κ3) is 2.13. The summed E-state index contributed by atoms with van der Waals surface area (Å²) in [6.07, 6.45) is 2.04. The number of carbonyl (C=O) groups excluding carboxylic acids is 1. The van der Waals surface area contributed by atoms with Crippen LogP contribution in [0.4, 0.5) is 5.69 Å². The van der Waals surface area contributed by atoms with Gasteiger partial charge in [0, 0.05) is 29.7 Å². The van der Waals surface area contributed by atoms with Crippen molar-refractivity contribution >= 4 is 23.2 Å². The van der Waals surface area contributed by atoms with E-state index in [1.165, 1.54) is 0 Å². The van der Waals surface area contributed by atoms with Gasteiger partial charge in [-0.15, -0.1) is 0 Å². The Kier molecular flexibility index (Phi) is 2.83. The number of rotatable bonds is 2. The van der Waals surface area contributed by atoms with Crippen LogP contribution in [0.5, 0.6) is 0 Å². The molecule has 0 bridgehead atoms. The molecule has 18 heavy (non-hydrogen) atoms. The summed E-state index contributed by atoms with van der Waals surface area (Å²) in [7, 11) is 0. The molecule has 1 aromatic rings. The van der Waals surface area contributed by atoms with Crippen molar-refractivity contribution in [2.45, 2.75) is 19.8 Å². The molecule has 2 aliphatic rings. The lowest BCUT2D eigenvalue weighted by Crippen LogP contribution is -2.61. The molecular formula is C14H17ClN2O. The first-order valence-corrected chi connectivity index (χ1v) is 6.73. The summed E-state index contributed by atoms with van der Waals surface area (Å²) in [5.74, 6) is 0.306. The predicted octanol–water partition coefficient (Wildman–Crippen LogP) is 2.59. The Hall–Kier alpha value is -1.06. The average Bonchev–Trinajstić information content (AvgIpc) is 2.10. The SMILES string of the molecule is Cc1cc(Cl)cc(NC(=O)C2CC3(CNC3)C2)c1. The van der Waals surface area contributed by atoms with Gasteiger partial charge in [0.05, 0.1) is 0 Å². The first kappa shape index (κ1) is 12.0. The first-order chi connectivity index (χ1) is 8.56. The number of anilines is 1. The molecule has 1 saturated carbocycles. The van der Waals surface area contributed by atoms with Crippen molar-refractivity contribution in [3.63, 3.8) is 0 Å². The molecular weight excluding hydrogens is 248 g/mol. The molecule has 0 radical (unpaired) electrons. The second kappa shape index (κ2) is 4.25. The number of halogens is 1. The number of aryl methyl sites for hydroxylation is 1. The van der Waals surface area contributed by atoms with E-state index in [-0.39, 0.29) is 11.8 Å². The zero-order chi connectivity index (χ0) is 12.8. The highest BCUT2D eigenvalue weighted by molar-refractivity contribution is 6.31. The Balaban J connectivity index is 1.61. The molecule has 0 unspecified atom stereocenters. The maximum Gasteiger partial charge on any atom is 0.227 e. The summed E-state index contributed by atoms with van der Waals surface area (Å²) in [4.78, 5) is 12.1. The molecule has 2 N–H and O–H groups in total. The van der Waals surface area contributed by atoms with Crippen molar-refractivity contribution < 1.29 is 4.79 Å². The molecule has 1 saturated heterocycles. The molecule has 96 valence electrons. The molecule has 2 fully saturated rings. The van der Waals surface area contributed by atoms with Gasteiger partial charge in [0.1, 0.15) is 0 Å². The van der Waals surface area contributed by atoms with Crippen molar-refractivity contribution in [3.8, 4) is 0 Å². The van der Waals surface area contributed by atoms with Crippen LogP contribution < -0.4 is 10.6 Å². The predicted molar refractivity (Wildman–Crippen MR) is 72.8 cm³/mol. The lowest BCUT2D eigenvalue weighted by atomic mass is 9.58. The van der Waals surface area contributed by atoms with Gasteiger partial charge >= 0.3 is 0 Å². The van der Waals surface area contributed by atoms with Crippen LogP contribution in [0.25, 0.3) is 0 Å². The summed E-state index contributed by atoms with van der Waals surface area (Å²) in [5, 5.41) is 6.91. The van der Waals surface area contributed by atoms with Crippen LogP contribution in [0.1, 0.15) is 18.4 Å². The third-order valence-corrected chi connectivity index (χ3v) is 4.26. The fourth-order valence-electron chi connectivity index (χ4n) is 2.99. The summed E-state index contributed by atoms with van der Waals surface area (Å²) in [6, 6.07) is 5.63. The first-order valence-electron chi connectivity index (χ1n) is 6.35. The third-order valence-electron chi connectivity index (χ3n) is 4.04. The molecule has 4 heteroatoms. The zero-order valence-electron chi connectivity index (χ0n) is 10.4. The molecule has 1 aliphatic heterocycles. The van der Waals surface area contributed by atoms with E-state index >= 15 is 0 Å².